The SMILES string of the molecule is CC(C)OC(=O)c1ccc(COc2ccc3c(c2)O/C(=C\c2cccn2C)C3=O)o1. The Balaban J connectivity index is 1.43. The molecule has 4 rings (SSSR count). The van der Waals surface area contributed by atoms with Crippen molar-refractivity contribution in [1.82, 2.24) is 4.57 Å². The maximum absolute atomic E-state index is 12.6. The van der Waals surface area contributed by atoms with Crippen LogP contribution in [0.15, 0.2) is 58.8 Å². The monoisotopic (exact) mass is 407 g/mol. The zero-order valence-electron chi connectivity index (χ0n) is 16.9. The lowest BCUT2D eigenvalue weighted by atomic mass is 10.1. The minimum Gasteiger partial charge on any atom is -0.486 e. The molecule has 1 aliphatic heterocycles. The van der Waals surface area contributed by atoms with Crippen molar-refractivity contribution in [2.45, 2.75) is 26.6 Å². The van der Waals surface area contributed by atoms with E-state index in [0.717, 1.165) is 5.69 Å². The molecule has 0 radical (unpaired) electrons. The van der Waals surface area contributed by atoms with Crippen LogP contribution in [0.5, 0.6) is 11.5 Å². The Morgan fingerprint density at radius 2 is 2.03 bits per heavy atom. The van der Waals surface area contributed by atoms with E-state index in [4.69, 9.17) is 18.6 Å². The first-order chi connectivity index (χ1) is 14.4. The van der Waals surface area contributed by atoms with Crippen LogP contribution in [0.4, 0.5) is 0 Å². The summed E-state index contributed by atoms with van der Waals surface area (Å²) < 4.78 is 23.9. The number of aryl methyl sites for hydroxylation is 1. The molecule has 0 amide bonds. The highest BCUT2D eigenvalue weighted by molar-refractivity contribution is 6.14. The van der Waals surface area contributed by atoms with Gasteiger partial charge in [-0.3, -0.25) is 4.79 Å². The van der Waals surface area contributed by atoms with Crippen LogP contribution in [0, 0.1) is 0 Å². The number of aromatic nitrogens is 1. The van der Waals surface area contributed by atoms with Crippen LogP contribution >= 0.6 is 0 Å². The zero-order valence-corrected chi connectivity index (χ0v) is 16.9. The largest absolute Gasteiger partial charge is 0.486 e. The van der Waals surface area contributed by atoms with E-state index >= 15 is 0 Å². The quantitative estimate of drug-likeness (QED) is 0.446. The maximum Gasteiger partial charge on any atom is 0.374 e. The van der Waals surface area contributed by atoms with Crippen molar-refractivity contribution in [1.29, 1.82) is 0 Å². The molecule has 0 unspecified atom stereocenters. The number of hydrogen-bond donors (Lipinski definition) is 0. The first-order valence-electron chi connectivity index (χ1n) is 9.53. The summed E-state index contributed by atoms with van der Waals surface area (Å²) >= 11 is 0. The van der Waals surface area contributed by atoms with Crippen LogP contribution in [0.2, 0.25) is 0 Å². The van der Waals surface area contributed by atoms with Crippen LogP contribution in [-0.4, -0.2) is 22.4 Å². The van der Waals surface area contributed by atoms with Gasteiger partial charge in [-0.05, 0) is 50.2 Å². The molecule has 0 aliphatic carbocycles. The molecule has 0 saturated carbocycles. The Labute approximate surface area is 173 Å². The third kappa shape index (κ3) is 4.00. The molecule has 0 spiro atoms. The number of benzene rings is 1. The zero-order chi connectivity index (χ0) is 21.3. The van der Waals surface area contributed by atoms with Crippen molar-refractivity contribution < 1.29 is 28.2 Å². The van der Waals surface area contributed by atoms with Crippen LogP contribution < -0.4 is 9.47 Å². The van der Waals surface area contributed by atoms with Gasteiger partial charge in [-0.25, -0.2) is 4.79 Å². The molecule has 0 N–H and O–H groups in total. The predicted octanol–water partition coefficient (Wildman–Crippen LogP) is 4.38. The molecule has 0 bridgehead atoms. The number of Topliss-reactive ketones (excluding diaryl/α,β-unsaturated/α-hetero) is 1. The van der Waals surface area contributed by atoms with Gasteiger partial charge in [0.2, 0.25) is 11.5 Å². The Hall–Kier alpha value is -3.74. The van der Waals surface area contributed by atoms with E-state index in [1.165, 1.54) is 0 Å². The number of esters is 1. The lowest BCUT2D eigenvalue weighted by molar-refractivity contribution is 0.0337. The van der Waals surface area contributed by atoms with Gasteiger partial charge in [0.1, 0.15) is 23.9 Å². The number of furan rings is 1. The van der Waals surface area contributed by atoms with E-state index in [2.05, 4.69) is 0 Å². The number of hydrogen-bond acceptors (Lipinski definition) is 6. The van der Waals surface area contributed by atoms with Gasteiger partial charge in [-0.1, -0.05) is 0 Å². The summed E-state index contributed by atoms with van der Waals surface area (Å²) in [5, 5.41) is 0. The summed E-state index contributed by atoms with van der Waals surface area (Å²) in [7, 11) is 1.90. The second-order valence-corrected chi connectivity index (χ2v) is 7.15. The summed E-state index contributed by atoms with van der Waals surface area (Å²) in [5.41, 5.74) is 1.35. The molecule has 3 aromatic rings. The van der Waals surface area contributed by atoms with Gasteiger partial charge < -0.3 is 23.2 Å². The number of ether oxygens (including phenoxy) is 3. The van der Waals surface area contributed by atoms with Gasteiger partial charge in [0.25, 0.3) is 0 Å². The number of fused-ring (bicyclic) bond motifs is 1. The maximum atomic E-state index is 12.6. The van der Waals surface area contributed by atoms with E-state index in [9.17, 15) is 9.59 Å². The van der Waals surface area contributed by atoms with Crippen LogP contribution in [0.1, 0.15) is 46.2 Å². The lowest BCUT2D eigenvalue weighted by Crippen LogP contribution is -2.10. The molecule has 0 saturated heterocycles. The van der Waals surface area contributed by atoms with Crippen LogP contribution in [0.3, 0.4) is 0 Å². The smallest absolute Gasteiger partial charge is 0.374 e. The van der Waals surface area contributed by atoms with Gasteiger partial charge >= 0.3 is 5.97 Å². The van der Waals surface area contributed by atoms with Crippen molar-refractivity contribution in [2.24, 2.45) is 7.05 Å². The average molecular weight is 407 g/mol. The van der Waals surface area contributed by atoms with Crippen molar-refractivity contribution >= 4 is 17.8 Å². The summed E-state index contributed by atoms with van der Waals surface area (Å²) in [4.78, 5) is 24.4. The molecule has 2 aromatic heterocycles. The average Bonchev–Trinajstić information content (AvgIpc) is 3.41. The molecule has 7 heteroatoms. The molecule has 1 aromatic carbocycles. The first kappa shape index (κ1) is 19.6. The highest BCUT2D eigenvalue weighted by Crippen LogP contribution is 2.35. The van der Waals surface area contributed by atoms with Crippen molar-refractivity contribution in [2.75, 3.05) is 0 Å². The number of rotatable bonds is 6. The van der Waals surface area contributed by atoms with Gasteiger partial charge in [0, 0.05) is 31.1 Å². The second-order valence-electron chi connectivity index (χ2n) is 7.15. The van der Waals surface area contributed by atoms with E-state index in [1.807, 2.05) is 29.9 Å². The number of allylic oxidation sites excluding steroid dienone is 1. The number of ketones is 1. The first-order valence-corrected chi connectivity index (χ1v) is 9.53. The molecule has 154 valence electrons. The third-order valence-corrected chi connectivity index (χ3v) is 4.49. The summed E-state index contributed by atoms with van der Waals surface area (Å²) in [6.07, 6.45) is 3.38. The molecule has 1 aliphatic rings. The molecular weight excluding hydrogens is 386 g/mol. The van der Waals surface area contributed by atoms with Gasteiger partial charge in [-0.15, -0.1) is 0 Å². The van der Waals surface area contributed by atoms with Gasteiger partial charge in [0.15, 0.2) is 5.76 Å². The fourth-order valence-electron chi connectivity index (χ4n) is 3.01. The Morgan fingerprint density at radius 3 is 2.77 bits per heavy atom. The van der Waals surface area contributed by atoms with E-state index in [1.54, 1.807) is 50.3 Å². The number of nitrogens with zero attached hydrogens (tertiary/aromatic N) is 1. The van der Waals surface area contributed by atoms with Gasteiger partial charge in [0.05, 0.1) is 11.7 Å². The Morgan fingerprint density at radius 1 is 1.20 bits per heavy atom. The summed E-state index contributed by atoms with van der Waals surface area (Å²) in [5.74, 6) is 1.15. The fourth-order valence-corrected chi connectivity index (χ4v) is 3.01. The molecule has 0 atom stereocenters. The molecular formula is C23H21NO6. The molecule has 7 nitrogen and oxygen atoms in total. The summed E-state index contributed by atoms with van der Waals surface area (Å²) in [6, 6.07) is 12.0. The third-order valence-electron chi connectivity index (χ3n) is 4.49. The number of carbonyl (C=O) groups is 2. The van der Waals surface area contributed by atoms with Crippen molar-refractivity contribution in [3.05, 3.63) is 77.2 Å². The molecule has 30 heavy (non-hydrogen) atoms. The highest BCUT2D eigenvalue weighted by Gasteiger charge is 2.28. The van der Waals surface area contributed by atoms with Crippen molar-refractivity contribution in [3.63, 3.8) is 0 Å². The molecule has 0 fully saturated rings. The standard InChI is InChI=1S/C23H21NO6/c1-14(2)28-23(26)19-9-7-17(29-19)13-27-16-6-8-18-20(12-16)30-21(22(18)25)11-15-5-4-10-24(15)3/h4-12,14H,13H2,1-3H3/b21-11-. The Bertz CT molecular complexity index is 1130. The van der Waals surface area contributed by atoms with E-state index in [0.29, 0.717) is 22.8 Å². The fraction of sp³-hybridized carbons (Fsp3) is 0.217. The minimum absolute atomic E-state index is 0.119. The van der Waals surface area contributed by atoms with Crippen molar-refractivity contribution in [3.8, 4) is 11.5 Å². The Kier molecular flexibility index (Phi) is 5.18. The predicted molar refractivity (Wildman–Crippen MR) is 108 cm³/mol. The lowest BCUT2D eigenvalue weighted by Gasteiger charge is -2.06. The summed E-state index contributed by atoms with van der Waals surface area (Å²) in [6.45, 7) is 3.66. The van der Waals surface area contributed by atoms with Crippen LogP contribution in [0.25, 0.3) is 6.08 Å². The minimum atomic E-state index is -0.516. The van der Waals surface area contributed by atoms with Crippen LogP contribution in [-0.2, 0) is 18.4 Å². The second kappa shape index (κ2) is 7.94. The van der Waals surface area contributed by atoms with E-state index in [-0.39, 0.29) is 30.0 Å². The topological polar surface area (TPSA) is 79.9 Å². The van der Waals surface area contributed by atoms with Gasteiger partial charge in [-0.2, -0.15) is 0 Å². The number of carbonyl (C=O) groups excluding carboxylic acids is 2. The molecule has 3 heterocycles. The van der Waals surface area contributed by atoms with E-state index < -0.39 is 5.97 Å². The normalized spacial score (nSPS) is 14.1. The highest BCUT2D eigenvalue weighted by atomic mass is 16.6.